The van der Waals surface area contributed by atoms with Gasteiger partial charge in [-0.3, -0.25) is 0 Å². The molecule has 0 fully saturated rings. The van der Waals surface area contributed by atoms with Gasteiger partial charge in [0.25, 0.3) is 0 Å². The highest BCUT2D eigenvalue weighted by Gasteiger charge is 2.28. The van der Waals surface area contributed by atoms with E-state index in [0.717, 1.165) is 5.75 Å². The minimum Gasteiger partial charge on any atom is -0.744 e. The van der Waals surface area contributed by atoms with Gasteiger partial charge in [0.05, 0.1) is 22.9 Å². The van der Waals surface area contributed by atoms with E-state index in [1.807, 2.05) is 12.1 Å². The molecule has 0 aliphatic heterocycles. The normalized spacial score (nSPS) is 10.9. The number of hydrogen-bond acceptors (Lipinski definition) is 4. The van der Waals surface area contributed by atoms with Gasteiger partial charge in [-0.2, -0.15) is 0 Å². The van der Waals surface area contributed by atoms with Gasteiger partial charge in [0.15, 0.2) is 14.7 Å². The van der Waals surface area contributed by atoms with Crippen LogP contribution in [0.1, 0.15) is 0 Å². The van der Waals surface area contributed by atoms with Crippen molar-refractivity contribution in [1.29, 1.82) is 0 Å². The van der Waals surface area contributed by atoms with Crippen LogP contribution in [0.5, 0.6) is 5.75 Å². The average Bonchev–Trinajstić information content (AvgIpc) is 2.81. The molecule has 0 atom stereocenters. The van der Waals surface area contributed by atoms with Crippen LogP contribution in [0.2, 0.25) is 0 Å². The van der Waals surface area contributed by atoms with Crippen molar-refractivity contribution in [2.45, 2.75) is 19.6 Å². The van der Waals surface area contributed by atoms with Gasteiger partial charge < -0.3 is 9.29 Å². The van der Waals surface area contributed by atoms with Crippen LogP contribution in [-0.2, 0) is 21.0 Å². The Bertz CT molecular complexity index is 1240. The summed E-state index contributed by atoms with van der Waals surface area (Å²) in [6.07, 6.45) is 0. The van der Waals surface area contributed by atoms with E-state index in [-0.39, 0.29) is 10.9 Å². The summed E-state index contributed by atoms with van der Waals surface area (Å²) in [7, 11) is -3.22. The minimum atomic E-state index is -4.84. The van der Waals surface area contributed by atoms with E-state index in [0.29, 0.717) is 18.2 Å². The summed E-state index contributed by atoms with van der Waals surface area (Å²) in [5.74, 6) is -1.41. The van der Waals surface area contributed by atoms with Gasteiger partial charge in [0.2, 0.25) is 0 Å². The predicted octanol–water partition coefficient (Wildman–Crippen LogP) is 5.66. The molecule has 0 amide bonds. The van der Waals surface area contributed by atoms with Crippen LogP contribution in [0.3, 0.4) is 0 Å². The first-order valence-electron chi connectivity index (χ1n) is 9.69. The number of methoxy groups -OCH3 is 1. The van der Waals surface area contributed by atoms with Crippen molar-refractivity contribution in [3.05, 3.63) is 115 Å². The van der Waals surface area contributed by atoms with Gasteiger partial charge >= 0.3 is 0 Å². The second kappa shape index (κ2) is 11.1. The SMILES string of the molecule is COc1ccc([S+](c2ccccc2)c2ccccc2)cc1.O=S(=O)([O-])c1ccc(F)cc1F. The summed E-state index contributed by atoms with van der Waals surface area (Å²) in [5, 5.41) is 0. The fourth-order valence-electron chi connectivity index (χ4n) is 2.91. The molecule has 4 nitrogen and oxygen atoms in total. The zero-order valence-corrected chi connectivity index (χ0v) is 19.2. The van der Waals surface area contributed by atoms with Crippen LogP contribution < -0.4 is 4.74 Å². The highest BCUT2D eigenvalue weighted by Crippen LogP contribution is 2.31. The molecule has 0 aromatic heterocycles. The highest BCUT2D eigenvalue weighted by atomic mass is 32.2. The maximum atomic E-state index is 12.5. The lowest BCUT2D eigenvalue weighted by Gasteiger charge is -2.08. The summed E-state index contributed by atoms with van der Waals surface area (Å²) in [5.41, 5.74) is 0. The predicted molar refractivity (Wildman–Crippen MR) is 122 cm³/mol. The Hall–Kier alpha value is -3.20. The monoisotopic (exact) mass is 486 g/mol. The van der Waals surface area contributed by atoms with Crippen LogP contribution in [-0.4, -0.2) is 20.1 Å². The molecule has 0 unspecified atom stereocenters. The Morgan fingerprint density at radius 2 is 1.21 bits per heavy atom. The lowest BCUT2D eigenvalue weighted by molar-refractivity contribution is 0.414. The molecule has 0 saturated carbocycles. The lowest BCUT2D eigenvalue weighted by atomic mass is 10.3. The molecule has 0 N–H and O–H groups in total. The molecular formula is C25H20F2O4S2. The maximum absolute atomic E-state index is 12.5. The Balaban J connectivity index is 0.000000218. The molecule has 0 aliphatic rings. The molecular weight excluding hydrogens is 466 g/mol. The lowest BCUT2D eigenvalue weighted by Crippen LogP contribution is -2.04. The first-order valence-corrected chi connectivity index (χ1v) is 12.3. The number of hydrogen-bond donors (Lipinski definition) is 0. The van der Waals surface area contributed by atoms with Crippen molar-refractivity contribution in [3.8, 4) is 5.75 Å². The Kier molecular flexibility index (Phi) is 8.21. The Labute approximate surface area is 194 Å². The summed E-state index contributed by atoms with van der Waals surface area (Å²) < 4.78 is 60.7. The molecule has 0 saturated heterocycles. The third-order valence-electron chi connectivity index (χ3n) is 4.42. The van der Waals surface area contributed by atoms with Crippen LogP contribution in [0, 0.1) is 11.6 Å². The Morgan fingerprint density at radius 3 is 1.64 bits per heavy atom. The van der Waals surface area contributed by atoms with Crippen LogP contribution >= 0.6 is 0 Å². The van der Waals surface area contributed by atoms with Gasteiger partial charge in [-0.1, -0.05) is 36.4 Å². The van der Waals surface area contributed by atoms with E-state index in [2.05, 4.69) is 72.8 Å². The maximum Gasteiger partial charge on any atom is 0.166 e. The molecule has 170 valence electrons. The first kappa shape index (κ1) is 24.4. The van der Waals surface area contributed by atoms with Crippen molar-refractivity contribution >= 4 is 21.0 Å². The summed E-state index contributed by atoms with van der Waals surface area (Å²) in [4.78, 5) is 2.92. The smallest absolute Gasteiger partial charge is 0.166 e. The standard InChI is InChI=1S/C19H17OS.C6H4F2O3S/c1-20-16-12-14-19(15-13-16)21(17-8-4-2-5-9-17)18-10-6-3-7-11-18;7-4-1-2-6(5(8)3-4)12(9,10)11/h2-15H,1H3;1-3H,(H,9,10,11)/q+1;/p-1. The molecule has 4 rings (SSSR count). The van der Waals surface area contributed by atoms with E-state index >= 15 is 0 Å². The van der Waals surface area contributed by atoms with E-state index in [1.165, 1.54) is 14.7 Å². The number of halogens is 2. The van der Waals surface area contributed by atoms with E-state index in [1.54, 1.807) is 7.11 Å². The van der Waals surface area contributed by atoms with E-state index in [4.69, 9.17) is 4.74 Å². The fourth-order valence-corrected chi connectivity index (χ4v) is 5.53. The summed E-state index contributed by atoms with van der Waals surface area (Å²) in [6.45, 7) is 0. The van der Waals surface area contributed by atoms with E-state index < -0.39 is 26.6 Å². The third kappa shape index (κ3) is 6.64. The highest BCUT2D eigenvalue weighted by molar-refractivity contribution is 7.97. The second-order valence-electron chi connectivity index (χ2n) is 6.64. The molecule has 0 radical (unpaired) electrons. The summed E-state index contributed by atoms with van der Waals surface area (Å²) >= 11 is 0. The fraction of sp³-hybridized carbons (Fsp3) is 0.0400. The zero-order valence-electron chi connectivity index (χ0n) is 17.5. The molecule has 0 spiro atoms. The van der Waals surface area contributed by atoms with Crippen LogP contribution in [0.15, 0.2) is 123 Å². The molecule has 8 heteroatoms. The van der Waals surface area contributed by atoms with Gasteiger partial charge in [-0.05, 0) is 60.7 Å². The Morgan fingerprint density at radius 1 is 0.727 bits per heavy atom. The van der Waals surface area contributed by atoms with Crippen molar-refractivity contribution in [3.63, 3.8) is 0 Å². The van der Waals surface area contributed by atoms with Crippen LogP contribution in [0.25, 0.3) is 0 Å². The van der Waals surface area contributed by atoms with Gasteiger partial charge in [0, 0.05) is 6.07 Å². The second-order valence-corrected chi connectivity index (χ2v) is 10.0. The quantitative estimate of drug-likeness (QED) is 0.270. The number of rotatable bonds is 5. The molecule has 33 heavy (non-hydrogen) atoms. The average molecular weight is 487 g/mol. The molecule has 4 aromatic rings. The first-order chi connectivity index (χ1) is 15.8. The zero-order chi connectivity index (χ0) is 23.8. The summed E-state index contributed by atoms with van der Waals surface area (Å²) in [6, 6.07) is 31.3. The number of benzene rings is 4. The van der Waals surface area contributed by atoms with Crippen LogP contribution in [0.4, 0.5) is 8.78 Å². The van der Waals surface area contributed by atoms with Crippen molar-refractivity contribution in [2.75, 3.05) is 7.11 Å². The topological polar surface area (TPSA) is 66.4 Å². The van der Waals surface area contributed by atoms with Gasteiger partial charge in [-0.25, -0.2) is 17.2 Å². The molecule has 4 aromatic carbocycles. The van der Waals surface area contributed by atoms with Crippen molar-refractivity contribution in [1.82, 2.24) is 0 Å². The van der Waals surface area contributed by atoms with Crippen molar-refractivity contribution < 1.29 is 26.5 Å². The minimum absolute atomic E-state index is 0.0804. The third-order valence-corrected chi connectivity index (χ3v) is 7.52. The largest absolute Gasteiger partial charge is 0.744 e. The van der Waals surface area contributed by atoms with Crippen molar-refractivity contribution in [2.24, 2.45) is 0 Å². The van der Waals surface area contributed by atoms with Gasteiger partial charge in [-0.15, -0.1) is 0 Å². The number of ether oxygens (including phenoxy) is 1. The molecule has 0 aliphatic carbocycles. The molecule has 0 bridgehead atoms. The van der Waals surface area contributed by atoms with E-state index in [9.17, 15) is 21.8 Å². The van der Waals surface area contributed by atoms with Gasteiger partial charge in [0.1, 0.15) is 27.5 Å². The molecule has 0 heterocycles.